The smallest absolute Gasteiger partial charge is 0.315 e. The Labute approximate surface area is 96.9 Å². The lowest BCUT2D eigenvalue weighted by Gasteiger charge is -2.18. The van der Waals surface area contributed by atoms with Gasteiger partial charge in [0, 0.05) is 0 Å². The molecule has 0 atom stereocenters. The topological polar surface area (TPSA) is 26.3 Å². The van der Waals surface area contributed by atoms with Crippen LogP contribution in [0.2, 0.25) is 0 Å². The largest absolute Gasteiger partial charge is 0.426 e. The minimum Gasteiger partial charge on any atom is -0.426 e. The molecule has 2 heteroatoms. The Kier molecular flexibility index (Phi) is 3.88. The Hall–Kier alpha value is -1.57. The summed E-state index contributed by atoms with van der Waals surface area (Å²) >= 11 is 0. The van der Waals surface area contributed by atoms with E-state index in [1.807, 2.05) is 24.3 Å². The van der Waals surface area contributed by atoms with Crippen LogP contribution < -0.4 is 4.74 Å². The first kappa shape index (κ1) is 12.5. The van der Waals surface area contributed by atoms with E-state index in [-0.39, 0.29) is 17.8 Å². The van der Waals surface area contributed by atoms with E-state index >= 15 is 0 Å². The van der Waals surface area contributed by atoms with E-state index in [9.17, 15) is 4.79 Å². The van der Waals surface area contributed by atoms with Gasteiger partial charge in [0.15, 0.2) is 0 Å². The third-order valence-electron chi connectivity index (χ3n) is 2.26. The average Bonchev–Trinajstić information content (AvgIpc) is 2.17. The summed E-state index contributed by atoms with van der Waals surface area (Å²) in [4.78, 5) is 11.2. The van der Waals surface area contributed by atoms with Crippen LogP contribution in [-0.4, -0.2) is 5.97 Å². The molecule has 86 valence electrons. The lowest BCUT2D eigenvalue weighted by atomic mass is 9.87. The van der Waals surface area contributed by atoms with Gasteiger partial charge in [-0.1, -0.05) is 39.0 Å². The van der Waals surface area contributed by atoms with Crippen LogP contribution in [0, 0.1) is 0 Å². The van der Waals surface area contributed by atoms with Crippen LogP contribution in [0.1, 0.15) is 32.8 Å². The van der Waals surface area contributed by atoms with E-state index in [1.165, 1.54) is 11.6 Å². The van der Waals surface area contributed by atoms with E-state index in [0.29, 0.717) is 5.75 Å². The molecule has 0 N–H and O–H groups in total. The molecule has 1 aromatic carbocycles. The second kappa shape index (κ2) is 4.97. The summed E-state index contributed by atoms with van der Waals surface area (Å²) in [7, 11) is 0. The highest BCUT2D eigenvalue weighted by molar-refractivity contribution is 5.73. The standard InChI is InChI=1S/C14H18O2/c1-5-6-13(15)16-12-9-7-11(8-10-12)14(2,3)4/h5,7-10H,1,6H2,2-4H3. The van der Waals surface area contributed by atoms with Crippen molar-refractivity contribution in [3.63, 3.8) is 0 Å². The van der Waals surface area contributed by atoms with Crippen molar-refractivity contribution in [3.8, 4) is 5.75 Å². The fourth-order valence-electron chi connectivity index (χ4n) is 1.31. The molecule has 1 rings (SSSR count). The van der Waals surface area contributed by atoms with E-state index in [0.717, 1.165) is 0 Å². The van der Waals surface area contributed by atoms with E-state index in [4.69, 9.17) is 4.74 Å². The van der Waals surface area contributed by atoms with Crippen LogP contribution in [0.25, 0.3) is 0 Å². The first-order valence-electron chi connectivity index (χ1n) is 5.35. The predicted octanol–water partition coefficient (Wildman–Crippen LogP) is 3.47. The Morgan fingerprint density at radius 2 is 1.88 bits per heavy atom. The maximum atomic E-state index is 11.2. The monoisotopic (exact) mass is 218 g/mol. The van der Waals surface area contributed by atoms with Gasteiger partial charge in [-0.2, -0.15) is 0 Å². The second-order valence-electron chi connectivity index (χ2n) is 4.74. The summed E-state index contributed by atoms with van der Waals surface area (Å²) in [6.45, 7) is 9.92. The lowest BCUT2D eigenvalue weighted by molar-refractivity contribution is -0.133. The lowest BCUT2D eigenvalue weighted by Crippen LogP contribution is -2.11. The van der Waals surface area contributed by atoms with E-state index in [1.54, 1.807) is 0 Å². The predicted molar refractivity (Wildman–Crippen MR) is 65.6 cm³/mol. The minimum absolute atomic E-state index is 0.115. The van der Waals surface area contributed by atoms with Crippen molar-refractivity contribution in [2.45, 2.75) is 32.6 Å². The summed E-state index contributed by atoms with van der Waals surface area (Å²) in [5.41, 5.74) is 1.33. The normalized spacial score (nSPS) is 10.9. The van der Waals surface area contributed by atoms with Gasteiger partial charge in [-0.25, -0.2) is 0 Å². The fourth-order valence-corrected chi connectivity index (χ4v) is 1.31. The van der Waals surface area contributed by atoms with Crippen molar-refractivity contribution < 1.29 is 9.53 Å². The van der Waals surface area contributed by atoms with Gasteiger partial charge in [-0.3, -0.25) is 4.79 Å². The highest BCUT2D eigenvalue weighted by Gasteiger charge is 2.13. The minimum atomic E-state index is -0.279. The van der Waals surface area contributed by atoms with Crippen molar-refractivity contribution >= 4 is 5.97 Å². The van der Waals surface area contributed by atoms with Crippen LogP contribution in [0.15, 0.2) is 36.9 Å². The molecule has 0 aliphatic rings. The van der Waals surface area contributed by atoms with Crippen LogP contribution in [0.5, 0.6) is 5.75 Å². The zero-order valence-corrected chi connectivity index (χ0v) is 10.1. The maximum Gasteiger partial charge on any atom is 0.315 e. The Morgan fingerprint density at radius 3 is 2.31 bits per heavy atom. The molecule has 0 radical (unpaired) electrons. The number of carbonyl (C=O) groups is 1. The Morgan fingerprint density at radius 1 is 1.31 bits per heavy atom. The summed E-state index contributed by atoms with van der Waals surface area (Å²) in [6, 6.07) is 7.61. The zero-order chi connectivity index (χ0) is 12.2. The van der Waals surface area contributed by atoms with Crippen molar-refractivity contribution in [1.82, 2.24) is 0 Å². The molecule has 1 aromatic rings. The third-order valence-corrected chi connectivity index (χ3v) is 2.26. The van der Waals surface area contributed by atoms with E-state index < -0.39 is 0 Å². The summed E-state index contributed by atoms with van der Waals surface area (Å²) in [6.07, 6.45) is 1.77. The molecule has 2 nitrogen and oxygen atoms in total. The fraction of sp³-hybridized carbons (Fsp3) is 0.357. The van der Waals surface area contributed by atoms with Crippen molar-refractivity contribution in [3.05, 3.63) is 42.5 Å². The Balaban J connectivity index is 2.72. The number of carbonyl (C=O) groups excluding carboxylic acids is 1. The number of ether oxygens (including phenoxy) is 1. The van der Waals surface area contributed by atoms with Gasteiger partial charge in [0.1, 0.15) is 5.75 Å². The van der Waals surface area contributed by atoms with Gasteiger partial charge < -0.3 is 4.74 Å². The quantitative estimate of drug-likeness (QED) is 0.441. The summed E-state index contributed by atoms with van der Waals surface area (Å²) < 4.78 is 5.11. The molecule has 0 fully saturated rings. The van der Waals surface area contributed by atoms with Gasteiger partial charge in [0.2, 0.25) is 0 Å². The number of esters is 1. The molecular formula is C14H18O2. The third kappa shape index (κ3) is 3.54. The van der Waals surface area contributed by atoms with Crippen LogP contribution in [0.3, 0.4) is 0 Å². The van der Waals surface area contributed by atoms with Gasteiger partial charge in [0.25, 0.3) is 0 Å². The molecule has 16 heavy (non-hydrogen) atoms. The zero-order valence-electron chi connectivity index (χ0n) is 10.1. The number of hydrogen-bond donors (Lipinski definition) is 0. The molecule has 0 saturated carbocycles. The van der Waals surface area contributed by atoms with Crippen molar-refractivity contribution in [1.29, 1.82) is 0 Å². The molecule has 0 saturated heterocycles. The number of rotatable bonds is 3. The first-order valence-corrected chi connectivity index (χ1v) is 5.35. The van der Waals surface area contributed by atoms with Gasteiger partial charge in [-0.05, 0) is 23.1 Å². The first-order chi connectivity index (χ1) is 7.43. The highest BCUT2D eigenvalue weighted by atomic mass is 16.5. The average molecular weight is 218 g/mol. The number of hydrogen-bond acceptors (Lipinski definition) is 2. The van der Waals surface area contributed by atoms with E-state index in [2.05, 4.69) is 27.4 Å². The Bertz CT molecular complexity index is 369. The molecule has 0 aromatic heterocycles. The SMILES string of the molecule is C=CCC(=O)Oc1ccc(C(C)(C)C)cc1. The highest BCUT2D eigenvalue weighted by Crippen LogP contribution is 2.24. The molecule has 0 spiro atoms. The van der Waals surface area contributed by atoms with Crippen LogP contribution in [-0.2, 0) is 10.2 Å². The van der Waals surface area contributed by atoms with Gasteiger partial charge >= 0.3 is 5.97 Å². The maximum absolute atomic E-state index is 11.2. The molecule has 0 unspecified atom stereocenters. The second-order valence-corrected chi connectivity index (χ2v) is 4.74. The summed E-state index contributed by atoms with van der Waals surface area (Å²) in [5.74, 6) is 0.304. The summed E-state index contributed by atoms with van der Waals surface area (Å²) in [5, 5.41) is 0. The van der Waals surface area contributed by atoms with Gasteiger partial charge in [0.05, 0.1) is 6.42 Å². The van der Waals surface area contributed by atoms with Crippen molar-refractivity contribution in [2.75, 3.05) is 0 Å². The number of benzene rings is 1. The molecule has 0 aliphatic heterocycles. The van der Waals surface area contributed by atoms with Crippen molar-refractivity contribution in [2.24, 2.45) is 0 Å². The van der Waals surface area contributed by atoms with Crippen LogP contribution >= 0.6 is 0 Å². The van der Waals surface area contributed by atoms with Crippen LogP contribution in [0.4, 0.5) is 0 Å². The molecular weight excluding hydrogens is 200 g/mol. The molecule has 0 aliphatic carbocycles. The molecule has 0 amide bonds. The van der Waals surface area contributed by atoms with Gasteiger partial charge in [-0.15, -0.1) is 6.58 Å². The molecule has 0 heterocycles. The molecule has 0 bridgehead atoms.